The fraction of sp³-hybridized carbons (Fsp3) is 0.412. The molecule has 2 aromatic rings. The van der Waals surface area contributed by atoms with Gasteiger partial charge in [0.05, 0.1) is 23.4 Å². The van der Waals surface area contributed by atoms with Gasteiger partial charge in [-0.3, -0.25) is 9.48 Å². The van der Waals surface area contributed by atoms with Crippen LogP contribution in [0.2, 0.25) is 0 Å². The topological polar surface area (TPSA) is 67.2 Å². The van der Waals surface area contributed by atoms with Crippen LogP contribution in [0.15, 0.2) is 36.7 Å². The van der Waals surface area contributed by atoms with Gasteiger partial charge in [0.15, 0.2) is 0 Å². The zero-order chi connectivity index (χ0) is 16.3. The number of nitrogens with zero attached hydrogens (tertiary/aromatic N) is 2. The van der Waals surface area contributed by atoms with Gasteiger partial charge < -0.3 is 10.4 Å². The SMILES string of the molecule is Cc1ccccc1C(O)CNC(=O)c1cnn(C(C)(C)C)c1. The lowest BCUT2D eigenvalue weighted by Crippen LogP contribution is -2.28. The van der Waals surface area contributed by atoms with E-state index in [9.17, 15) is 9.90 Å². The molecule has 5 heteroatoms. The number of carbonyl (C=O) groups excluding carboxylic acids is 1. The van der Waals surface area contributed by atoms with Gasteiger partial charge >= 0.3 is 0 Å². The molecule has 1 aromatic heterocycles. The lowest BCUT2D eigenvalue weighted by Gasteiger charge is -2.18. The Balaban J connectivity index is 1.98. The molecule has 118 valence electrons. The summed E-state index contributed by atoms with van der Waals surface area (Å²) in [4.78, 5) is 12.1. The summed E-state index contributed by atoms with van der Waals surface area (Å²) in [6.45, 7) is 8.16. The number of aliphatic hydroxyl groups is 1. The van der Waals surface area contributed by atoms with Gasteiger partial charge in [0.1, 0.15) is 0 Å². The van der Waals surface area contributed by atoms with Crippen molar-refractivity contribution in [2.24, 2.45) is 0 Å². The molecule has 0 saturated carbocycles. The Morgan fingerprint density at radius 1 is 1.36 bits per heavy atom. The second-order valence-electron chi connectivity index (χ2n) is 6.43. The Morgan fingerprint density at radius 3 is 2.64 bits per heavy atom. The molecular formula is C17H23N3O2. The van der Waals surface area contributed by atoms with Gasteiger partial charge in [-0.15, -0.1) is 0 Å². The predicted molar refractivity (Wildman–Crippen MR) is 85.7 cm³/mol. The van der Waals surface area contributed by atoms with Gasteiger partial charge in [-0.1, -0.05) is 24.3 Å². The van der Waals surface area contributed by atoms with Gasteiger partial charge in [-0.2, -0.15) is 5.10 Å². The van der Waals surface area contributed by atoms with Crippen molar-refractivity contribution in [3.63, 3.8) is 0 Å². The van der Waals surface area contributed by atoms with E-state index in [-0.39, 0.29) is 18.0 Å². The van der Waals surface area contributed by atoms with E-state index in [2.05, 4.69) is 10.4 Å². The number of nitrogens with one attached hydrogen (secondary N) is 1. The molecule has 1 atom stereocenters. The van der Waals surface area contributed by atoms with Crippen LogP contribution in [-0.4, -0.2) is 27.3 Å². The molecule has 0 aliphatic rings. The van der Waals surface area contributed by atoms with Crippen molar-refractivity contribution in [3.8, 4) is 0 Å². The third-order valence-corrected chi connectivity index (χ3v) is 3.54. The van der Waals surface area contributed by atoms with Crippen LogP contribution in [0.5, 0.6) is 0 Å². The maximum Gasteiger partial charge on any atom is 0.254 e. The van der Waals surface area contributed by atoms with Crippen LogP contribution in [-0.2, 0) is 5.54 Å². The highest BCUT2D eigenvalue weighted by Crippen LogP contribution is 2.17. The summed E-state index contributed by atoms with van der Waals surface area (Å²) in [5.74, 6) is -0.233. The monoisotopic (exact) mass is 301 g/mol. The van der Waals surface area contributed by atoms with Crippen molar-refractivity contribution in [2.75, 3.05) is 6.54 Å². The highest BCUT2D eigenvalue weighted by molar-refractivity contribution is 5.93. The average molecular weight is 301 g/mol. The number of amides is 1. The summed E-state index contributed by atoms with van der Waals surface area (Å²) in [6.07, 6.45) is 2.54. The molecule has 0 aliphatic heterocycles. The first-order chi connectivity index (χ1) is 10.3. The second-order valence-corrected chi connectivity index (χ2v) is 6.43. The van der Waals surface area contributed by atoms with E-state index in [4.69, 9.17) is 0 Å². The van der Waals surface area contributed by atoms with E-state index >= 15 is 0 Å². The number of aliphatic hydroxyl groups excluding tert-OH is 1. The Labute approximate surface area is 131 Å². The molecule has 0 aliphatic carbocycles. The molecule has 5 nitrogen and oxygen atoms in total. The first kappa shape index (κ1) is 16.2. The van der Waals surface area contributed by atoms with Crippen LogP contribution < -0.4 is 5.32 Å². The number of aryl methyl sites for hydroxylation is 1. The van der Waals surface area contributed by atoms with E-state index in [0.29, 0.717) is 5.56 Å². The first-order valence-electron chi connectivity index (χ1n) is 7.36. The Morgan fingerprint density at radius 2 is 2.05 bits per heavy atom. The van der Waals surface area contributed by atoms with Crippen molar-refractivity contribution in [1.82, 2.24) is 15.1 Å². The number of hydrogen-bond donors (Lipinski definition) is 2. The van der Waals surface area contributed by atoms with E-state index < -0.39 is 6.10 Å². The van der Waals surface area contributed by atoms with Crippen molar-refractivity contribution >= 4 is 5.91 Å². The van der Waals surface area contributed by atoms with Crippen molar-refractivity contribution in [1.29, 1.82) is 0 Å². The quantitative estimate of drug-likeness (QED) is 0.911. The van der Waals surface area contributed by atoms with E-state index in [1.807, 2.05) is 52.0 Å². The fourth-order valence-corrected chi connectivity index (χ4v) is 2.17. The zero-order valence-electron chi connectivity index (χ0n) is 13.5. The van der Waals surface area contributed by atoms with Crippen molar-refractivity contribution < 1.29 is 9.90 Å². The smallest absolute Gasteiger partial charge is 0.254 e. The average Bonchev–Trinajstić information content (AvgIpc) is 2.95. The summed E-state index contributed by atoms with van der Waals surface area (Å²) in [7, 11) is 0. The maximum absolute atomic E-state index is 12.1. The van der Waals surface area contributed by atoms with Crippen LogP contribution in [0.25, 0.3) is 0 Å². The summed E-state index contributed by atoms with van der Waals surface area (Å²) >= 11 is 0. The minimum absolute atomic E-state index is 0.167. The molecule has 0 bridgehead atoms. The molecule has 1 amide bonds. The Bertz CT molecular complexity index is 656. The van der Waals surface area contributed by atoms with Gasteiger partial charge in [0.2, 0.25) is 0 Å². The normalized spacial score (nSPS) is 13.0. The molecule has 0 saturated heterocycles. The first-order valence-corrected chi connectivity index (χ1v) is 7.36. The summed E-state index contributed by atoms with van der Waals surface area (Å²) in [5.41, 5.74) is 2.16. The van der Waals surface area contributed by atoms with Crippen molar-refractivity contribution in [2.45, 2.75) is 39.3 Å². The molecule has 1 heterocycles. The number of hydrogen-bond acceptors (Lipinski definition) is 3. The molecule has 1 aromatic carbocycles. The third-order valence-electron chi connectivity index (χ3n) is 3.54. The predicted octanol–water partition coefficient (Wildman–Crippen LogP) is 2.41. The van der Waals surface area contributed by atoms with Gasteiger partial charge in [-0.25, -0.2) is 0 Å². The molecular weight excluding hydrogens is 278 g/mol. The molecule has 0 spiro atoms. The number of aromatic nitrogens is 2. The summed E-state index contributed by atoms with van der Waals surface area (Å²) < 4.78 is 1.75. The van der Waals surface area contributed by atoms with Gasteiger partial charge in [0, 0.05) is 12.7 Å². The molecule has 0 fully saturated rings. The third kappa shape index (κ3) is 3.74. The van der Waals surface area contributed by atoms with Crippen LogP contribution in [0.3, 0.4) is 0 Å². The number of rotatable bonds is 4. The lowest BCUT2D eigenvalue weighted by atomic mass is 10.0. The fourth-order valence-electron chi connectivity index (χ4n) is 2.17. The molecule has 1 unspecified atom stereocenters. The standard InChI is InChI=1S/C17H23N3O2/c1-12-7-5-6-8-14(12)15(21)10-18-16(22)13-9-19-20(11-13)17(2,3)4/h5-9,11,15,21H,10H2,1-4H3,(H,18,22). The van der Waals surface area contributed by atoms with E-state index in [0.717, 1.165) is 11.1 Å². The van der Waals surface area contributed by atoms with Crippen LogP contribution in [0.1, 0.15) is 48.4 Å². The lowest BCUT2D eigenvalue weighted by molar-refractivity contribution is 0.0915. The maximum atomic E-state index is 12.1. The molecule has 2 N–H and O–H groups in total. The molecule has 2 rings (SSSR count). The summed E-state index contributed by atoms with van der Waals surface area (Å²) in [6, 6.07) is 7.60. The minimum Gasteiger partial charge on any atom is -0.387 e. The van der Waals surface area contributed by atoms with E-state index in [1.54, 1.807) is 17.1 Å². The molecule has 0 radical (unpaired) electrons. The van der Waals surface area contributed by atoms with Crippen molar-refractivity contribution in [3.05, 3.63) is 53.3 Å². The number of carbonyl (C=O) groups is 1. The van der Waals surface area contributed by atoms with Gasteiger partial charge in [0.25, 0.3) is 5.91 Å². The Hall–Kier alpha value is -2.14. The van der Waals surface area contributed by atoms with Crippen LogP contribution in [0, 0.1) is 6.92 Å². The molecule has 22 heavy (non-hydrogen) atoms. The highest BCUT2D eigenvalue weighted by Gasteiger charge is 2.17. The highest BCUT2D eigenvalue weighted by atomic mass is 16.3. The largest absolute Gasteiger partial charge is 0.387 e. The summed E-state index contributed by atoms with van der Waals surface area (Å²) in [5, 5.41) is 17.1. The zero-order valence-corrected chi connectivity index (χ0v) is 13.5. The Kier molecular flexibility index (Phi) is 4.66. The second kappa shape index (κ2) is 6.32. The van der Waals surface area contributed by atoms with Gasteiger partial charge in [-0.05, 0) is 38.8 Å². The number of benzene rings is 1. The minimum atomic E-state index is -0.720. The van der Waals surface area contributed by atoms with Crippen LogP contribution >= 0.6 is 0 Å². The van der Waals surface area contributed by atoms with Crippen LogP contribution in [0.4, 0.5) is 0 Å². The van der Waals surface area contributed by atoms with E-state index in [1.165, 1.54) is 0 Å².